The van der Waals surface area contributed by atoms with Gasteiger partial charge in [-0.3, -0.25) is 0 Å². The molecule has 4 rings (SSSR count). The highest BCUT2D eigenvalue weighted by Gasteiger charge is 2.32. The molecule has 3 aliphatic heterocycles. The van der Waals surface area contributed by atoms with Crippen LogP contribution < -0.4 is 10.2 Å². The Labute approximate surface area is 161 Å². The van der Waals surface area contributed by atoms with Gasteiger partial charge in [0.05, 0.1) is 24.9 Å². The van der Waals surface area contributed by atoms with Crippen molar-refractivity contribution < 1.29 is 14.2 Å². The molecule has 1 aromatic heterocycles. The third-order valence-corrected chi connectivity index (χ3v) is 5.76. The molecule has 3 fully saturated rings. The van der Waals surface area contributed by atoms with E-state index in [1.54, 1.807) is 0 Å². The van der Waals surface area contributed by atoms with Crippen molar-refractivity contribution in [2.75, 3.05) is 43.1 Å². The van der Waals surface area contributed by atoms with Crippen LogP contribution >= 0.6 is 0 Å². The number of anilines is 2. The third kappa shape index (κ3) is 4.52. The Morgan fingerprint density at radius 1 is 1.07 bits per heavy atom. The number of hydrogen-bond acceptors (Lipinski definition) is 7. The molecule has 150 valence electrons. The van der Waals surface area contributed by atoms with Crippen molar-refractivity contribution in [1.82, 2.24) is 9.97 Å². The fourth-order valence-corrected chi connectivity index (χ4v) is 4.36. The van der Waals surface area contributed by atoms with Crippen molar-refractivity contribution in [2.45, 2.75) is 63.9 Å². The first-order chi connectivity index (χ1) is 13.2. The number of nitrogens with zero attached hydrogens (tertiary/aromatic N) is 3. The first-order valence-corrected chi connectivity index (χ1v) is 10.4. The average molecular weight is 377 g/mol. The highest BCUT2D eigenvalue weighted by Crippen LogP contribution is 2.25. The average Bonchev–Trinajstić information content (AvgIpc) is 3.23. The van der Waals surface area contributed by atoms with Crippen molar-refractivity contribution in [1.29, 1.82) is 0 Å². The van der Waals surface area contributed by atoms with Crippen LogP contribution in [-0.2, 0) is 14.2 Å². The van der Waals surface area contributed by atoms with Crippen molar-refractivity contribution in [3.63, 3.8) is 0 Å². The van der Waals surface area contributed by atoms with Crippen molar-refractivity contribution in [2.24, 2.45) is 5.92 Å². The molecule has 0 aliphatic carbocycles. The monoisotopic (exact) mass is 376 g/mol. The summed E-state index contributed by atoms with van der Waals surface area (Å²) in [6.07, 6.45) is 6.80. The van der Waals surface area contributed by atoms with Gasteiger partial charge in [0.2, 0.25) is 5.95 Å². The van der Waals surface area contributed by atoms with E-state index in [9.17, 15) is 0 Å². The maximum absolute atomic E-state index is 6.00. The molecular formula is C20H32N4O3. The summed E-state index contributed by atoms with van der Waals surface area (Å²) >= 11 is 0. The molecule has 0 spiro atoms. The number of rotatable bonds is 5. The highest BCUT2D eigenvalue weighted by atomic mass is 16.5. The molecule has 0 aromatic carbocycles. The number of aromatic nitrogens is 2. The van der Waals surface area contributed by atoms with Crippen LogP contribution in [0, 0.1) is 5.92 Å². The molecule has 0 saturated carbocycles. The number of ether oxygens (including phenoxy) is 3. The van der Waals surface area contributed by atoms with Crippen LogP contribution in [0.1, 0.15) is 39.5 Å². The summed E-state index contributed by atoms with van der Waals surface area (Å²) in [4.78, 5) is 11.5. The highest BCUT2D eigenvalue weighted by molar-refractivity contribution is 5.42. The van der Waals surface area contributed by atoms with Crippen LogP contribution in [0.3, 0.4) is 0 Å². The van der Waals surface area contributed by atoms with Gasteiger partial charge in [-0.1, -0.05) is 13.8 Å². The first kappa shape index (κ1) is 18.9. The lowest BCUT2D eigenvalue weighted by atomic mass is 9.94. The van der Waals surface area contributed by atoms with Crippen LogP contribution in [-0.4, -0.2) is 67.2 Å². The summed E-state index contributed by atoms with van der Waals surface area (Å²) in [7, 11) is 0. The van der Waals surface area contributed by atoms with E-state index >= 15 is 0 Å². The van der Waals surface area contributed by atoms with Gasteiger partial charge >= 0.3 is 0 Å². The van der Waals surface area contributed by atoms with Crippen LogP contribution in [0.5, 0.6) is 0 Å². The van der Waals surface area contributed by atoms with Gasteiger partial charge in [0.15, 0.2) is 0 Å². The second-order valence-electron chi connectivity index (χ2n) is 8.12. The van der Waals surface area contributed by atoms with Crippen LogP contribution in [0.4, 0.5) is 11.8 Å². The molecule has 4 atom stereocenters. The summed E-state index contributed by atoms with van der Waals surface area (Å²) in [6, 6.07) is 2.25. The van der Waals surface area contributed by atoms with Gasteiger partial charge < -0.3 is 24.4 Å². The van der Waals surface area contributed by atoms with E-state index < -0.39 is 0 Å². The standard InChI is InChI=1S/C20H32N4O3/c1-14(2)19-15(5-3-11-27-19)22-18-7-8-21-20(23-18)24-9-12-26-17(13-24)16-6-4-10-25-16/h7-8,14-17,19H,3-6,9-13H2,1-2H3,(H,21,22,23). The maximum Gasteiger partial charge on any atom is 0.227 e. The van der Waals surface area contributed by atoms with Crippen LogP contribution in [0.25, 0.3) is 0 Å². The van der Waals surface area contributed by atoms with Crippen molar-refractivity contribution in [3.8, 4) is 0 Å². The normalized spacial score (nSPS) is 32.0. The zero-order chi connectivity index (χ0) is 18.6. The lowest BCUT2D eigenvalue weighted by molar-refractivity contribution is -0.0545. The lowest BCUT2D eigenvalue weighted by Crippen LogP contribution is -2.48. The first-order valence-electron chi connectivity index (χ1n) is 10.4. The topological polar surface area (TPSA) is 68.7 Å². The molecule has 1 N–H and O–H groups in total. The number of nitrogens with one attached hydrogen (secondary N) is 1. The zero-order valence-electron chi connectivity index (χ0n) is 16.5. The van der Waals surface area contributed by atoms with Gasteiger partial charge in [-0.25, -0.2) is 4.98 Å². The zero-order valence-corrected chi connectivity index (χ0v) is 16.5. The Kier molecular flexibility index (Phi) is 6.10. The van der Waals surface area contributed by atoms with Gasteiger partial charge in [0, 0.05) is 32.5 Å². The van der Waals surface area contributed by atoms with Gasteiger partial charge in [0.1, 0.15) is 11.9 Å². The minimum atomic E-state index is 0.110. The SMILES string of the molecule is CC(C)C1OCCCC1Nc1ccnc(N2CCOC(C3CCCO3)C2)n1. The molecule has 4 heterocycles. The summed E-state index contributed by atoms with van der Waals surface area (Å²) < 4.78 is 17.8. The van der Waals surface area contributed by atoms with Crippen molar-refractivity contribution in [3.05, 3.63) is 12.3 Å². The molecule has 7 nitrogen and oxygen atoms in total. The summed E-state index contributed by atoms with van der Waals surface area (Å²) in [5.41, 5.74) is 0. The molecule has 0 radical (unpaired) electrons. The minimum Gasteiger partial charge on any atom is -0.376 e. The molecule has 3 aliphatic rings. The quantitative estimate of drug-likeness (QED) is 0.847. The van der Waals surface area contributed by atoms with Gasteiger partial charge in [-0.2, -0.15) is 4.98 Å². The predicted molar refractivity (Wildman–Crippen MR) is 104 cm³/mol. The summed E-state index contributed by atoms with van der Waals surface area (Å²) in [5.74, 6) is 2.13. The molecule has 0 bridgehead atoms. The lowest BCUT2D eigenvalue weighted by Gasteiger charge is -2.36. The third-order valence-electron chi connectivity index (χ3n) is 5.76. The Hall–Kier alpha value is -1.44. The predicted octanol–water partition coefficient (Wildman–Crippen LogP) is 2.48. The molecule has 0 amide bonds. The van der Waals surface area contributed by atoms with E-state index in [2.05, 4.69) is 29.0 Å². The second kappa shape index (κ2) is 8.71. The maximum atomic E-state index is 6.00. The van der Waals surface area contributed by atoms with E-state index in [1.165, 1.54) is 0 Å². The van der Waals surface area contributed by atoms with Gasteiger partial charge in [0.25, 0.3) is 0 Å². The van der Waals surface area contributed by atoms with Crippen LogP contribution in [0.2, 0.25) is 0 Å². The Morgan fingerprint density at radius 3 is 2.70 bits per heavy atom. The molecular weight excluding hydrogens is 344 g/mol. The summed E-state index contributed by atoms with van der Waals surface area (Å²) in [6.45, 7) is 8.43. The van der Waals surface area contributed by atoms with Gasteiger partial charge in [-0.15, -0.1) is 0 Å². The fourth-order valence-electron chi connectivity index (χ4n) is 4.36. The molecule has 27 heavy (non-hydrogen) atoms. The molecule has 4 unspecified atom stereocenters. The van der Waals surface area contributed by atoms with E-state index in [1.807, 2.05) is 12.3 Å². The number of morpholine rings is 1. The number of hydrogen-bond donors (Lipinski definition) is 1. The summed E-state index contributed by atoms with van der Waals surface area (Å²) in [5, 5.41) is 3.60. The second-order valence-corrected chi connectivity index (χ2v) is 8.12. The van der Waals surface area contributed by atoms with Crippen LogP contribution in [0.15, 0.2) is 12.3 Å². The minimum absolute atomic E-state index is 0.110. The van der Waals surface area contributed by atoms with E-state index in [0.29, 0.717) is 18.6 Å². The molecule has 3 saturated heterocycles. The van der Waals surface area contributed by atoms with E-state index in [0.717, 1.165) is 63.8 Å². The fraction of sp³-hybridized carbons (Fsp3) is 0.800. The molecule has 7 heteroatoms. The van der Waals surface area contributed by atoms with E-state index in [-0.39, 0.29) is 18.3 Å². The largest absolute Gasteiger partial charge is 0.376 e. The Morgan fingerprint density at radius 2 is 1.89 bits per heavy atom. The van der Waals surface area contributed by atoms with Gasteiger partial charge in [-0.05, 0) is 37.7 Å². The Bertz CT molecular complexity index is 609. The van der Waals surface area contributed by atoms with E-state index in [4.69, 9.17) is 19.2 Å². The molecule has 1 aromatic rings. The smallest absolute Gasteiger partial charge is 0.227 e. The Balaban J connectivity index is 1.42. The van der Waals surface area contributed by atoms with Crippen molar-refractivity contribution >= 4 is 11.8 Å².